The number of carbonyl (C=O) groups excluding carboxylic acids is 1. The van der Waals surface area contributed by atoms with Crippen molar-refractivity contribution in [3.05, 3.63) is 82.3 Å². The number of benzene rings is 2. The molecule has 0 fully saturated rings. The van der Waals surface area contributed by atoms with Gasteiger partial charge in [0.15, 0.2) is 16.6 Å². The number of anilines is 1. The van der Waals surface area contributed by atoms with Gasteiger partial charge < -0.3 is 19.2 Å². The highest BCUT2D eigenvalue weighted by atomic mass is 32.1. The molecule has 1 aromatic heterocycles. The summed E-state index contributed by atoms with van der Waals surface area (Å²) >= 11 is 5.10. The minimum absolute atomic E-state index is 0.0663. The van der Waals surface area contributed by atoms with Crippen LogP contribution in [-0.2, 0) is 0 Å². The van der Waals surface area contributed by atoms with Crippen LogP contribution in [-0.4, -0.2) is 29.3 Å². The Morgan fingerprint density at radius 1 is 1.19 bits per heavy atom. The van der Waals surface area contributed by atoms with Crippen molar-refractivity contribution in [2.24, 2.45) is 5.10 Å². The molecule has 0 radical (unpaired) electrons. The number of thiocarbonyl (C=S) groups is 1. The van der Waals surface area contributed by atoms with Gasteiger partial charge in [0.1, 0.15) is 5.69 Å². The number of furan rings is 1. The zero-order chi connectivity index (χ0) is 22.2. The van der Waals surface area contributed by atoms with Crippen LogP contribution in [0.1, 0.15) is 16.1 Å². The molecule has 0 unspecified atom stereocenters. The van der Waals surface area contributed by atoms with E-state index >= 15 is 0 Å². The molecule has 2 aromatic carbocycles. The third kappa shape index (κ3) is 5.64. The van der Waals surface area contributed by atoms with Crippen molar-refractivity contribution >= 4 is 40.9 Å². The zero-order valence-corrected chi connectivity index (χ0v) is 16.9. The quantitative estimate of drug-likeness (QED) is 0.141. The minimum Gasteiger partial charge on any atom is -0.493 e. The Kier molecular flexibility index (Phi) is 6.91. The van der Waals surface area contributed by atoms with Gasteiger partial charge in [-0.05, 0) is 54.2 Å². The van der Waals surface area contributed by atoms with Crippen molar-refractivity contribution in [2.45, 2.75) is 0 Å². The number of rotatable bonds is 7. The van der Waals surface area contributed by atoms with Crippen molar-refractivity contribution in [3.8, 4) is 11.5 Å². The lowest BCUT2D eigenvalue weighted by Gasteiger charge is -2.09. The molecule has 0 spiro atoms. The van der Waals surface area contributed by atoms with E-state index in [-0.39, 0.29) is 28.0 Å². The predicted octanol–water partition coefficient (Wildman–Crippen LogP) is 3.74. The summed E-state index contributed by atoms with van der Waals surface area (Å²) in [6.07, 6.45) is 2.82. The fourth-order valence-corrected chi connectivity index (χ4v) is 2.61. The van der Waals surface area contributed by atoms with Gasteiger partial charge in [0.05, 0.1) is 24.5 Å². The molecule has 31 heavy (non-hydrogen) atoms. The number of nitro groups is 1. The van der Waals surface area contributed by atoms with E-state index in [2.05, 4.69) is 15.8 Å². The lowest BCUT2D eigenvalue weighted by atomic mass is 10.2. The smallest absolute Gasteiger partial charge is 0.379 e. The van der Waals surface area contributed by atoms with Gasteiger partial charge in [0.25, 0.3) is 5.69 Å². The molecule has 0 atom stereocenters. The van der Waals surface area contributed by atoms with E-state index in [9.17, 15) is 14.9 Å². The highest BCUT2D eigenvalue weighted by Crippen LogP contribution is 2.28. The molecule has 0 bridgehead atoms. The maximum Gasteiger partial charge on any atom is 0.379 e. The van der Waals surface area contributed by atoms with Crippen molar-refractivity contribution in [3.63, 3.8) is 0 Å². The molecule has 0 saturated heterocycles. The number of methoxy groups -OCH3 is 1. The molecular formula is C20H16N4O6S. The first-order chi connectivity index (χ1) is 15.0. The number of nitrogens with zero attached hydrogens (tertiary/aromatic N) is 2. The van der Waals surface area contributed by atoms with Gasteiger partial charge in [-0.25, -0.2) is 4.79 Å². The Morgan fingerprint density at radius 2 is 2.00 bits per heavy atom. The summed E-state index contributed by atoms with van der Waals surface area (Å²) in [6, 6.07) is 14.0. The summed E-state index contributed by atoms with van der Waals surface area (Å²) in [5.41, 5.74) is 3.33. The number of hydrogen-bond acceptors (Lipinski definition) is 8. The van der Waals surface area contributed by atoms with Crippen molar-refractivity contribution in [1.29, 1.82) is 0 Å². The highest BCUT2D eigenvalue weighted by Gasteiger charge is 2.15. The standard InChI is InChI=1S/C20H16N4O6S/c1-28-18-11-13(8-9-16(18)30-19(25)17-7-4-10-29-17)12-21-23-20(31)22-14-5-2-3-6-15(14)24(26)27/h2-12H,1H3,(H2,22,23,31)/b21-12+. The summed E-state index contributed by atoms with van der Waals surface area (Å²) in [4.78, 5) is 22.6. The second-order valence-electron chi connectivity index (χ2n) is 5.88. The molecule has 0 aliphatic heterocycles. The maximum atomic E-state index is 12.0. The molecule has 1 heterocycles. The maximum absolute atomic E-state index is 12.0. The molecule has 0 aliphatic carbocycles. The van der Waals surface area contributed by atoms with E-state index in [0.29, 0.717) is 11.3 Å². The Morgan fingerprint density at radius 3 is 2.71 bits per heavy atom. The van der Waals surface area contributed by atoms with Crippen LogP contribution in [0, 0.1) is 10.1 Å². The highest BCUT2D eigenvalue weighted by molar-refractivity contribution is 7.80. The monoisotopic (exact) mass is 440 g/mol. The number of ether oxygens (including phenoxy) is 2. The van der Waals surface area contributed by atoms with Crippen LogP contribution < -0.4 is 20.2 Å². The number of nitrogens with one attached hydrogen (secondary N) is 2. The summed E-state index contributed by atoms with van der Waals surface area (Å²) < 4.78 is 15.5. The summed E-state index contributed by atoms with van der Waals surface area (Å²) in [7, 11) is 1.44. The van der Waals surface area contributed by atoms with Gasteiger partial charge in [-0.3, -0.25) is 15.5 Å². The third-order valence-electron chi connectivity index (χ3n) is 3.84. The first-order valence-electron chi connectivity index (χ1n) is 8.75. The van der Waals surface area contributed by atoms with Crippen LogP contribution in [0.4, 0.5) is 11.4 Å². The van der Waals surface area contributed by atoms with E-state index in [1.54, 1.807) is 36.4 Å². The third-order valence-corrected chi connectivity index (χ3v) is 4.03. The van der Waals surface area contributed by atoms with Crippen LogP contribution in [0.3, 0.4) is 0 Å². The molecule has 3 rings (SSSR count). The van der Waals surface area contributed by atoms with Crippen molar-refractivity contribution in [2.75, 3.05) is 12.4 Å². The number of esters is 1. The van der Waals surface area contributed by atoms with E-state index < -0.39 is 10.9 Å². The lowest BCUT2D eigenvalue weighted by Crippen LogP contribution is -2.24. The van der Waals surface area contributed by atoms with Gasteiger partial charge in [-0.1, -0.05) is 12.1 Å². The van der Waals surface area contributed by atoms with Crippen LogP contribution in [0.2, 0.25) is 0 Å². The van der Waals surface area contributed by atoms with E-state index in [4.69, 9.17) is 26.1 Å². The SMILES string of the molecule is COc1cc(/C=N/NC(=S)Nc2ccccc2[N+](=O)[O-])ccc1OC(=O)c1ccco1. The number of hydrazone groups is 1. The fraction of sp³-hybridized carbons (Fsp3) is 0.0500. The molecule has 158 valence electrons. The molecular weight excluding hydrogens is 424 g/mol. The first-order valence-corrected chi connectivity index (χ1v) is 9.16. The number of hydrogen-bond donors (Lipinski definition) is 2. The van der Waals surface area contributed by atoms with Crippen molar-refractivity contribution < 1.29 is 23.6 Å². The first kappa shape index (κ1) is 21.5. The zero-order valence-electron chi connectivity index (χ0n) is 16.1. The van der Waals surface area contributed by atoms with E-state index in [0.717, 1.165) is 0 Å². The molecule has 0 saturated carbocycles. The van der Waals surface area contributed by atoms with Gasteiger partial charge in [0, 0.05) is 6.07 Å². The van der Waals surface area contributed by atoms with Gasteiger partial charge >= 0.3 is 5.97 Å². The molecule has 0 amide bonds. The normalized spacial score (nSPS) is 10.5. The molecule has 2 N–H and O–H groups in total. The molecule has 3 aromatic rings. The van der Waals surface area contributed by atoms with Crippen molar-refractivity contribution in [1.82, 2.24) is 5.43 Å². The van der Waals surface area contributed by atoms with E-state index in [1.165, 1.54) is 37.8 Å². The molecule has 10 nitrogen and oxygen atoms in total. The van der Waals surface area contributed by atoms with Crippen LogP contribution in [0.5, 0.6) is 11.5 Å². The summed E-state index contributed by atoms with van der Waals surface area (Å²) in [5.74, 6) is -0.0681. The molecule has 0 aliphatic rings. The Bertz CT molecular complexity index is 1130. The average Bonchev–Trinajstić information content (AvgIpc) is 3.30. The van der Waals surface area contributed by atoms with Crippen LogP contribution in [0.15, 0.2) is 70.4 Å². The largest absolute Gasteiger partial charge is 0.493 e. The summed E-state index contributed by atoms with van der Waals surface area (Å²) in [5, 5.41) is 17.8. The van der Waals surface area contributed by atoms with Gasteiger partial charge in [-0.2, -0.15) is 5.10 Å². The number of carbonyl (C=O) groups is 1. The number of nitro benzene ring substituents is 1. The second kappa shape index (κ2) is 9.98. The topological polar surface area (TPSA) is 128 Å². The Labute approximate surface area is 181 Å². The van der Waals surface area contributed by atoms with Gasteiger partial charge in [-0.15, -0.1) is 0 Å². The van der Waals surface area contributed by atoms with E-state index in [1.807, 2.05) is 0 Å². The minimum atomic E-state index is -0.655. The Hall–Kier alpha value is -4.25. The van der Waals surface area contributed by atoms with Crippen LogP contribution in [0.25, 0.3) is 0 Å². The lowest BCUT2D eigenvalue weighted by molar-refractivity contribution is -0.383. The Balaban J connectivity index is 1.62. The second-order valence-corrected chi connectivity index (χ2v) is 6.28. The predicted molar refractivity (Wildman–Crippen MR) is 117 cm³/mol. The summed E-state index contributed by atoms with van der Waals surface area (Å²) in [6.45, 7) is 0. The van der Waals surface area contributed by atoms with Crippen LogP contribution >= 0.6 is 12.2 Å². The van der Waals surface area contributed by atoms with Gasteiger partial charge in [0.2, 0.25) is 5.76 Å². The number of para-hydroxylation sites is 2. The fourth-order valence-electron chi connectivity index (χ4n) is 2.45. The molecule has 11 heteroatoms. The average molecular weight is 440 g/mol.